The summed E-state index contributed by atoms with van der Waals surface area (Å²) in [6, 6.07) is 5.72. The maximum absolute atomic E-state index is 6.17. The minimum atomic E-state index is 0.157. The predicted molar refractivity (Wildman–Crippen MR) is 75.0 cm³/mol. The molecule has 0 aliphatic heterocycles. The fraction of sp³-hybridized carbons (Fsp3) is 0.308. The fourth-order valence-corrected chi connectivity index (χ4v) is 2.35. The highest BCUT2D eigenvalue weighted by atomic mass is 35.5. The van der Waals surface area contributed by atoms with Crippen LogP contribution in [0.1, 0.15) is 29.8 Å². The van der Waals surface area contributed by atoms with Gasteiger partial charge < -0.3 is 5.32 Å². The molecule has 2 rings (SSSR count). The SMILES string of the molecule is Cc1[nH]ncc1CNC(C)c1ccc(Cl)cc1Cl. The molecular weight excluding hydrogens is 269 g/mol. The molecule has 0 aliphatic rings. The fourth-order valence-electron chi connectivity index (χ4n) is 1.78. The zero-order valence-corrected chi connectivity index (χ0v) is 11.8. The first kappa shape index (κ1) is 13.4. The van der Waals surface area contributed by atoms with E-state index in [9.17, 15) is 0 Å². The van der Waals surface area contributed by atoms with Crippen molar-refractivity contribution in [1.29, 1.82) is 0 Å². The van der Waals surface area contributed by atoms with Crippen LogP contribution in [0, 0.1) is 6.92 Å². The monoisotopic (exact) mass is 283 g/mol. The second kappa shape index (κ2) is 5.74. The van der Waals surface area contributed by atoms with Crippen molar-refractivity contribution in [1.82, 2.24) is 15.5 Å². The third kappa shape index (κ3) is 3.05. The number of rotatable bonds is 4. The Morgan fingerprint density at radius 2 is 2.17 bits per heavy atom. The molecule has 1 heterocycles. The van der Waals surface area contributed by atoms with Crippen molar-refractivity contribution in [2.45, 2.75) is 26.4 Å². The maximum atomic E-state index is 6.17. The molecule has 0 fully saturated rings. The molecule has 0 spiro atoms. The van der Waals surface area contributed by atoms with Crippen molar-refractivity contribution in [2.24, 2.45) is 0 Å². The summed E-state index contributed by atoms with van der Waals surface area (Å²) in [6.07, 6.45) is 1.83. The van der Waals surface area contributed by atoms with E-state index in [4.69, 9.17) is 23.2 Å². The van der Waals surface area contributed by atoms with Crippen molar-refractivity contribution in [3.63, 3.8) is 0 Å². The molecule has 96 valence electrons. The number of H-pyrrole nitrogens is 1. The summed E-state index contributed by atoms with van der Waals surface area (Å²) in [5.41, 5.74) is 3.28. The van der Waals surface area contributed by atoms with E-state index in [1.54, 1.807) is 6.07 Å². The molecule has 3 nitrogen and oxygen atoms in total. The lowest BCUT2D eigenvalue weighted by atomic mass is 10.1. The Labute approximate surface area is 117 Å². The lowest BCUT2D eigenvalue weighted by Crippen LogP contribution is -2.18. The largest absolute Gasteiger partial charge is 0.306 e. The highest BCUT2D eigenvalue weighted by molar-refractivity contribution is 6.35. The molecule has 2 aromatic rings. The van der Waals surface area contributed by atoms with Crippen molar-refractivity contribution in [2.75, 3.05) is 0 Å². The second-order valence-corrected chi connectivity index (χ2v) is 5.13. The van der Waals surface area contributed by atoms with E-state index in [0.29, 0.717) is 10.0 Å². The van der Waals surface area contributed by atoms with Crippen LogP contribution < -0.4 is 5.32 Å². The van der Waals surface area contributed by atoms with Gasteiger partial charge in [0.1, 0.15) is 0 Å². The van der Waals surface area contributed by atoms with Crippen LogP contribution in [0.5, 0.6) is 0 Å². The first-order valence-corrected chi connectivity index (χ1v) is 6.50. The first-order valence-electron chi connectivity index (χ1n) is 5.75. The predicted octanol–water partition coefficient (Wildman–Crippen LogP) is 3.88. The van der Waals surface area contributed by atoms with Gasteiger partial charge in [-0.1, -0.05) is 29.3 Å². The zero-order valence-electron chi connectivity index (χ0n) is 10.3. The average molecular weight is 284 g/mol. The van der Waals surface area contributed by atoms with Gasteiger partial charge in [-0.15, -0.1) is 0 Å². The van der Waals surface area contributed by atoms with E-state index in [1.165, 1.54) is 0 Å². The van der Waals surface area contributed by atoms with Crippen LogP contribution in [0.2, 0.25) is 10.0 Å². The van der Waals surface area contributed by atoms with E-state index in [1.807, 2.05) is 25.3 Å². The Bertz CT molecular complexity index is 537. The number of benzene rings is 1. The normalized spacial score (nSPS) is 12.7. The molecule has 5 heteroatoms. The molecular formula is C13H15Cl2N3. The lowest BCUT2D eigenvalue weighted by Gasteiger charge is -2.15. The molecule has 0 aliphatic carbocycles. The molecule has 0 saturated heterocycles. The van der Waals surface area contributed by atoms with E-state index in [-0.39, 0.29) is 6.04 Å². The highest BCUT2D eigenvalue weighted by Gasteiger charge is 2.10. The first-order chi connectivity index (χ1) is 8.58. The summed E-state index contributed by atoms with van der Waals surface area (Å²) in [5, 5.41) is 11.7. The molecule has 1 atom stereocenters. The molecule has 1 aromatic heterocycles. The van der Waals surface area contributed by atoms with Gasteiger partial charge in [0.05, 0.1) is 6.20 Å². The summed E-state index contributed by atoms with van der Waals surface area (Å²) in [4.78, 5) is 0. The van der Waals surface area contributed by atoms with E-state index < -0.39 is 0 Å². The van der Waals surface area contributed by atoms with Crippen molar-refractivity contribution in [3.8, 4) is 0 Å². The van der Waals surface area contributed by atoms with Gasteiger partial charge in [0.2, 0.25) is 0 Å². The van der Waals surface area contributed by atoms with Crippen molar-refractivity contribution >= 4 is 23.2 Å². The van der Waals surface area contributed by atoms with Crippen LogP contribution >= 0.6 is 23.2 Å². The third-order valence-electron chi connectivity index (χ3n) is 2.96. The van der Waals surface area contributed by atoms with Gasteiger partial charge in [-0.2, -0.15) is 5.10 Å². The highest BCUT2D eigenvalue weighted by Crippen LogP contribution is 2.26. The van der Waals surface area contributed by atoms with Crippen molar-refractivity contribution < 1.29 is 0 Å². The number of nitrogens with zero attached hydrogens (tertiary/aromatic N) is 1. The van der Waals surface area contributed by atoms with Gasteiger partial charge in [0.25, 0.3) is 0 Å². The molecule has 18 heavy (non-hydrogen) atoms. The topological polar surface area (TPSA) is 40.7 Å². The summed E-state index contributed by atoms with van der Waals surface area (Å²) in [6.45, 7) is 4.83. The lowest BCUT2D eigenvalue weighted by molar-refractivity contribution is 0.573. The number of nitrogens with one attached hydrogen (secondary N) is 2. The Kier molecular flexibility index (Phi) is 4.27. The van der Waals surface area contributed by atoms with Crippen LogP contribution in [0.4, 0.5) is 0 Å². The van der Waals surface area contributed by atoms with E-state index in [2.05, 4.69) is 22.4 Å². The standard InChI is InChI=1S/C13H15Cl2N3/c1-8-10(7-17-18-8)6-16-9(2)12-4-3-11(14)5-13(12)15/h3-5,7,9,16H,6H2,1-2H3,(H,17,18). The van der Waals surface area contributed by atoms with Gasteiger partial charge in [0.15, 0.2) is 0 Å². The zero-order chi connectivity index (χ0) is 13.1. The molecule has 2 N–H and O–H groups in total. The minimum absolute atomic E-state index is 0.157. The summed E-state index contributed by atoms with van der Waals surface area (Å²) in [5.74, 6) is 0. The maximum Gasteiger partial charge on any atom is 0.0535 e. The Hall–Kier alpha value is -1.03. The summed E-state index contributed by atoms with van der Waals surface area (Å²) >= 11 is 12.1. The van der Waals surface area contributed by atoms with Crippen LogP contribution in [0.15, 0.2) is 24.4 Å². The molecule has 1 aromatic carbocycles. The second-order valence-electron chi connectivity index (χ2n) is 4.29. The van der Waals surface area contributed by atoms with Gasteiger partial charge >= 0.3 is 0 Å². The van der Waals surface area contributed by atoms with Crippen LogP contribution in [-0.2, 0) is 6.54 Å². The minimum Gasteiger partial charge on any atom is -0.306 e. The van der Waals surface area contributed by atoms with E-state index >= 15 is 0 Å². The molecule has 1 unspecified atom stereocenters. The summed E-state index contributed by atoms with van der Waals surface area (Å²) in [7, 11) is 0. The Morgan fingerprint density at radius 3 is 2.78 bits per heavy atom. The number of aromatic amines is 1. The van der Waals surface area contributed by atoms with Crippen molar-refractivity contribution in [3.05, 3.63) is 51.3 Å². The van der Waals surface area contributed by atoms with E-state index in [0.717, 1.165) is 23.4 Å². The number of hydrogen-bond donors (Lipinski definition) is 2. The van der Waals surface area contributed by atoms with Gasteiger partial charge in [0, 0.05) is 33.9 Å². The molecule has 0 saturated carbocycles. The Morgan fingerprint density at radius 1 is 1.39 bits per heavy atom. The molecule has 0 radical (unpaired) electrons. The quantitative estimate of drug-likeness (QED) is 0.894. The van der Waals surface area contributed by atoms with Gasteiger partial charge in [-0.05, 0) is 31.5 Å². The number of hydrogen-bond acceptors (Lipinski definition) is 2. The number of aryl methyl sites for hydroxylation is 1. The van der Waals surface area contributed by atoms with Gasteiger partial charge in [-0.25, -0.2) is 0 Å². The third-order valence-corrected chi connectivity index (χ3v) is 3.52. The van der Waals surface area contributed by atoms with Crippen LogP contribution in [0.25, 0.3) is 0 Å². The number of halogens is 2. The molecule has 0 bridgehead atoms. The van der Waals surface area contributed by atoms with Crippen LogP contribution in [-0.4, -0.2) is 10.2 Å². The van der Waals surface area contributed by atoms with Gasteiger partial charge in [-0.3, -0.25) is 5.10 Å². The smallest absolute Gasteiger partial charge is 0.0535 e. The van der Waals surface area contributed by atoms with Crippen LogP contribution in [0.3, 0.4) is 0 Å². The molecule has 0 amide bonds. The Balaban J connectivity index is 2.03. The average Bonchev–Trinajstić information content (AvgIpc) is 2.72. The number of aromatic nitrogens is 2. The summed E-state index contributed by atoms with van der Waals surface area (Å²) < 4.78 is 0.